The molecule has 0 unspecified atom stereocenters. The van der Waals surface area contributed by atoms with E-state index >= 15 is 0 Å². The van der Waals surface area contributed by atoms with Gasteiger partial charge in [-0.25, -0.2) is 8.78 Å². The molecule has 5 heteroatoms. The molecule has 0 saturated carbocycles. The summed E-state index contributed by atoms with van der Waals surface area (Å²) < 4.78 is 25.8. The van der Waals surface area contributed by atoms with Crippen LogP contribution in [0.15, 0.2) is 18.2 Å². The van der Waals surface area contributed by atoms with Gasteiger partial charge in [0.15, 0.2) is 0 Å². The van der Waals surface area contributed by atoms with Gasteiger partial charge in [-0.3, -0.25) is 4.79 Å². The fourth-order valence-electron chi connectivity index (χ4n) is 1.30. The quantitative estimate of drug-likeness (QED) is 0.757. The zero-order valence-electron chi connectivity index (χ0n) is 8.15. The first-order chi connectivity index (χ1) is 7.45. The number of rotatable bonds is 3. The Morgan fingerprint density at radius 3 is 2.25 bits per heavy atom. The van der Waals surface area contributed by atoms with Crippen molar-refractivity contribution in [3.8, 4) is 12.3 Å². The van der Waals surface area contributed by atoms with Crippen molar-refractivity contribution in [2.24, 2.45) is 5.73 Å². The van der Waals surface area contributed by atoms with Crippen LogP contribution in [0.25, 0.3) is 0 Å². The third-order valence-corrected chi connectivity index (χ3v) is 2.07. The molecule has 1 rings (SSSR count). The van der Waals surface area contributed by atoms with Crippen LogP contribution in [0.2, 0.25) is 0 Å². The van der Waals surface area contributed by atoms with E-state index in [0.717, 1.165) is 12.1 Å². The maximum Gasteiger partial charge on any atom is 0.322 e. The maximum atomic E-state index is 12.9. The Morgan fingerprint density at radius 2 is 1.88 bits per heavy atom. The van der Waals surface area contributed by atoms with Crippen LogP contribution in [0, 0.1) is 24.0 Å². The molecule has 0 aliphatic heterocycles. The Balaban J connectivity index is 3.14. The third-order valence-electron chi connectivity index (χ3n) is 2.07. The first-order valence-corrected chi connectivity index (χ1v) is 4.36. The summed E-state index contributed by atoms with van der Waals surface area (Å²) in [7, 11) is 0. The number of carboxylic acid groups (broad SMARTS) is 1. The minimum atomic E-state index is -1.40. The second-order valence-electron chi connectivity index (χ2n) is 3.21. The second-order valence-corrected chi connectivity index (χ2v) is 3.21. The monoisotopic (exact) mass is 225 g/mol. The minimum absolute atomic E-state index is 0.0369. The number of nitrogens with two attached hydrogens (primary N) is 1. The summed E-state index contributed by atoms with van der Waals surface area (Å²) in [5.74, 6) is -1.93. The highest BCUT2D eigenvalue weighted by Gasteiger charge is 2.24. The Hall–Kier alpha value is -1.93. The van der Waals surface area contributed by atoms with Crippen molar-refractivity contribution in [1.82, 2.24) is 0 Å². The standard InChI is InChI=1S/C11H9F2NO2/c1-2-9(10(14)11(15)16)6-3-7(12)5-8(13)4-6/h1,3-5,9-10H,14H2,(H,15,16)/t9-,10+/m1/s1. The molecule has 16 heavy (non-hydrogen) atoms. The van der Waals surface area contributed by atoms with Crippen LogP contribution in [-0.4, -0.2) is 17.1 Å². The molecular formula is C11H9F2NO2. The van der Waals surface area contributed by atoms with Crippen molar-refractivity contribution < 1.29 is 18.7 Å². The van der Waals surface area contributed by atoms with Crippen LogP contribution in [0.3, 0.4) is 0 Å². The SMILES string of the molecule is C#C[C@H](c1cc(F)cc(F)c1)[C@H](N)C(=O)O. The molecule has 84 valence electrons. The number of carbonyl (C=O) groups is 1. The predicted molar refractivity (Wildman–Crippen MR) is 53.5 cm³/mol. The van der Waals surface area contributed by atoms with Crippen molar-refractivity contribution in [2.45, 2.75) is 12.0 Å². The summed E-state index contributed by atoms with van der Waals surface area (Å²) in [6, 6.07) is 1.21. The summed E-state index contributed by atoms with van der Waals surface area (Å²) in [6.07, 6.45) is 5.11. The number of halogens is 2. The lowest BCUT2D eigenvalue weighted by Gasteiger charge is -2.15. The molecule has 1 aromatic rings. The van der Waals surface area contributed by atoms with Gasteiger partial charge in [-0.2, -0.15) is 0 Å². The number of hydrogen-bond acceptors (Lipinski definition) is 2. The topological polar surface area (TPSA) is 63.3 Å². The first-order valence-electron chi connectivity index (χ1n) is 4.36. The highest BCUT2D eigenvalue weighted by Crippen LogP contribution is 2.20. The van der Waals surface area contributed by atoms with E-state index in [1.807, 2.05) is 0 Å². The van der Waals surface area contributed by atoms with Crippen LogP contribution < -0.4 is 5.73 Å². The largest absolute Gasteiger partial charge is 0.480 e. The number of hydrogen-bond donors (Lipinski definition) is 2. The highest BCUT2D eigenvalue weighted by atomic mass is 19.1. The van der Waals surface area contributed by atoms with Gasteiger partial charge in [-0.1, -0.05) is 5.92 Å². The molecule has 0 heterocycles. The van der Waals surface area contributed by atoms with Crippen LogP contribution in [-0.2, 0) is 4.79 Å². The molecule has 2 atom stereocenters. The Bertz CT molecular complexity index is 434. The van der Waals surface area contributed by atoms with Crippen molar-refractivity contribution in [1.29, 1.82) is 0 Å². The molecule has 0 bridgehead atoms. The van der Waals surface area contributed by atoms with E-state index in [2.05, 4.69) is 5.92 Å². The summed E-state index contributed by atoms with van der Waals surface area (Å²) in [5, 5.41) is 8.68. The van der Waals surface area contributed by atoms with Crippen molar-refractivity contribution in [2.75, 3.05) is 0 Å². The average molecular weight is 225 g/mol. The van der Waals surface area contributed by atoms with E-state index in [4.69, 9.17) is 17.3 Å². The fraction of sp³-hybridized carbons (Fsp3) is 0.182. The van der Waals surface area contributed by atoms with E-state index in [9.17, 15) is 13.6 Å². The van der Waals surface area contributed by atoms with Gasteiger partial charge >= 0.3 is 5.97 Å². The van der Waals surface area contributed by atoms with Gasteiger partial charge in [-0.05, 0) is 17.7 Å². The molecule has 0 amide bonds. The van der Waals surface area contributed by atoms with E-state index in [-0.39, 0.29) is 5.56 Å². The van der Waals surface area contributed by atoms with Crippen molar-refractivity contribution >= 4 is 5.97 Å². The molecule has 0 spiro atoms. The molecule has 3 nitrogen and oxygen atoms in total. The summed E-state index contributed by atoms with van der Waals surface area (Å²) in [4.78, 5) is 10.6. The first kappa shape index (κ1) is 12.1. The van der Waals surface area contributed by atoms with E-state index in [1.54, 1.807) is 0 Å². The number of aliphatic carboxylic acids is 1. The molecule has 0 radical (unpaired) electrons. The van der Waals surface area contributed by atoms with Crippen LogP contribution >= 0.6 is 0 Å². The Morgan fingerprint density at radius 1 is 1.38 bits per heavy atom. The van der Waals surface area contributed by atoms with Gasteiger partial charge in [0.2, 0.25) is 0 Å². The van der Waals surface area contributed by atoms with Gasteiger partial charge in [0.1, 0.15) is 17.7 Å². The molecule has 0 aliphatic rings. The Kier molecular flexibility index (Phi) is 3.59. The van der Waals surface area contributed by atoms with E-state index in [0.29, 0.717) is 6.07 Å². The van der Waals surface area contributed by atoms with E-state index < -0.39 is 29.6 Å². The number of carboxylic acids is 1. The predicted octanol–water partition coefficient (Wildman–Crippen LogP) is 1.09. The van der Waals surface area contributed by atoms with E-state index in [1.165, 1.54) is 0 Å². The van der Waals surface area contributed by atoms with Crippen LogP contribution in [0.1, 0.15) is 11.5 Å². The summed E-state index contributed by atoms with van der Waals surface area (Å²) >= 11 is 0. The third kappa shape index (κ3) is 2.55. The molecule has 1 aromatic carbocycles. The lowest BCUT2D eigenvalue weighted by molar-refractivity contribution is -0.138. The fourth-order valence-corrected chi connectivity index (χ4v) is 1.30. The lowest BCUT2D eigenvalue weighted by Crippen LogP contribution is -2.36. The summed E-state index contributed by atoms with van der Waals surface area (Å²) in [6.45, 7) is 0. The van der Waals surface area contributed by atoms with Crippen molar-refractivity contribution in [3.63, 3.8) is 0 Å². The minimum Gasteiger partial charge on any atom is -0.480 e. The van der Waals surface area contributed by atoms with Crippen LogP contribution in [0.5, 0.6) is 0 Å². The lowest BCUT2D eigenvalue weighted by atomic mass is 9.92. The highest BCUT2D eigenvalue weighted by molar-refractivity contribution is 5.75. The van der Waals surface area contributed by atoms with Crippen LogP contribution in [0.4, 0.5) is 8.78 Å². The molecule has 3 N–H and O–H groups in total. The second kappa shape index (κ2) is 4.73. The summed E-state index contributed by atoms with van der Waals surface area (Å²) in [5.41, 5.74) is 5.35. The average Bonchev–Trinajstić information content (AvgIpc) is 2.16. The zero-order chi connectivity index (χ0) is 12.3. The zero-order valence-corrected chi connectivity index (χ0v) is 8.15. The maximum absolute atomic E-state index is 12.9. The van der Waals surface area contributed by atoms with Gasteiger partial charge in [0, 0.05) is 6.07 Å². The normalized spacial score (nSPS) is 13.9. The molecule has 0 aliphatic carbocycles. The van der Waals surface area contributed by atoms with Gasteiger partial charge in [0.05, 0.1) is 5.92 Å². The number of terminal acetylenes is 1. The van der Waals surface area contributed by atoms with Crippen molar-refractivity contribution in [3.05, 3.63) is 35.4 Å². The van der Waals surface area contributed by atoms with Gasteiger partial charge in [0.25, 0.3) is 0 Å². The van der Waals surface area contributed by atoms with Gasteiger partial charge < -0.3 is 10.8 Å². The number of benzene rings is 1. The smallest absolute Gasteiger partial charge is 0.322 e. The van der Waals surface area contributed by atoms with Gasteiger partial charge in [-0.15, -0.1) is 6.42 Å². The molecule has 0 saturated heterocycles. The molecule has 0 aromatic heterocycles. The molecule has 0 fully saturated rings. The molecular weight excluding hydrogens is 216 g/mol. The Labute approximate surface area is 90.9 Å².